The lowest BCUT2D eigenvalue weighted by Gasteiger charge is -2.30. The molecule has 2 amide bonds. The van der Waals surface area contributed by atoms with E-state index in [1.54, 1.807) is 0 Å². The first-order chi connectivity index (χ1) is 15.1. The molecule has 0 bridgehead atoms. The highest BCUT2D eigenvalue weighted by Gasteiger charge is 2.20. The lowest BCUT2D eigenvalue weighted by atomic mass is 10.0. The number of para-hydroxylation sites is 1. The van der Waals surface area contributed by atoms with Gasteiger partial charge in [0, 0.05) is 23.5 Å². The van der Waals surface area contributed by atoms with E-state index in [1.807, 2.05) is 54.6 Å². The Morgan fingerprint density at radius 2 is 2.03 bits per heavy atom. The third-order valence-corrected chi connectivity index (χ3v) is 6.83. The van der Waals surface area contributed by atoms with E-state index in [0.717, 1.165) is 35.0 Å². The molecular formula is C25H29N3O2S. The minimum absolute atomic E-state index is 0.0510. The Bertz CT molecular complexity index is 971. The maximum atomic E-state index is 12.4. The number of thioether (sulfide) groups is 1. The van der Waals surface area contributed by atoms with Gasteiger partial charge in [-0.25, -0.2) is 0 Å². The van der Waals surface area contributed by atoms with Crippen molar-refractivity contribution in [1.82, 2.24) is 10.2 Å². The lowest BCUT2D eigenvalue weighted by molar-refractivity contribution is -0.112. The predicted octanol–water partition coefficient (Wildman–Crippen LogP) is 4.62. The summed E-state index contributed by atoms with van der Waals surface area (Å²) in [5.74, 6) is 0.628. The van der Waals surface area contributed by atoms with Crippen LogP contribution >= 0.6 is 11.8 Å². The number of anilines is 1. The zero-order chi connectivity index (χ0) is 21.6. The molecule has 1 fully saturated rings. The fraction of sp³-hybridized carbons (Fsp3) is 0.360. The smallest absolute Gasteiger partial charge is 0.262 e. The molecule has 0 aromatic heterocycles. The molecule has 2 N–H and O–H groups in total. The zero-order valence-corrected chi connectivity index (χ0v) is 18.7. The number of benzene rings is 2. The molecule has 0 spiro atoms. The summed E-state index contributed by atoms with van der Waals surface area (Å²) in [6, 6.07) is 15.1. The Kier molecular flexibility index (Phi) is 7.10. The highest BCUT2D eigenvalue weighted by atomic mass is 32.2. The van der Waals surface area contributed by atoms with Gasteiger partial charge in [0.2, 0.25) is 0 Å². The van der Waals surface area contributed by atoms with Gasteiger partial charge in [-0.3, -0.25) is 9.59 Å². The Morgan fingerprint density at radius 3 is 2.84 bits per heavy atom. The second kappa shape index (κ2) is 10.2. The van der Waals surface area contributed by atoms with Crippen molar-refractivity contribution in [3.8, 4) is 0 Å². The van der Waals surface area contributed by atoms with Gasteiger partial charge >= 0.3 is 0 Å². The second-order valence-electron chi connectivity index (χ2n) is 8.34. The van der Waals surface area contributed by atoms with Crippen molar-refractivity contribution in [2.45, 2.75) is 31.1 Å². The Morgan fingerprint density at radius 1 is 1.23 bits per heavy atom. The summed E-state index contributed by atoms with van der Waals surface area (Å²) in [5, 5.41) is 5.94. The van der Waals surface area contributed by atoms with Gasteiger partial charge in [0.25, 0.3) is 11.8 Å². The van der Waals surface area contributed by atoms with Crippen LogP contribution in [0.4, 0.5) is 5.69 Å². The molecule has 2 aromatic carbocycles. The van der Waals surface area contributed by atoms with Gasteiger partial charge in [-0.2, -0.15) is 0 Å². The fourth-order valence-electron chi connectivity index (χ4n) is 4.08. The van der Waals surface area contributed by atoms with E-state index in [0.29, 0.717) is 17.0 Å². The van der Waals surface area contributed by atoms with E-state index in [9.17, 15) is 9.59 Å². The van der Waals surface area contributed by atoms with Crippen LogP contribution in [0.1, 0.15) is 42.1 Å². The number of nitrogens with zero attached hydrogens (tertiary/aromatic N) is 1. The average molecular weight is 436 g/mol. The van der Waals surface area contributed by atoms with Crippen LogP contribution in [0.3, 0.4) is 0 Å². The van der Waals surface area contributed by atoms with Crippen LogP contribution < -0.4 is 10.6 Å². The van der Waals surface area contributed by atoms with Gasteiger partial charge in [-0.05, 0) is 74.2 Å². The quantitative estimate of drug-likeness (QED) is 0.513. The van der Waals surface area contributed by atoms with Crippen molar-refractivity contribution in [2.75, 3.05) is 31.5 Å². The molecular weight excluding hydrogens is 406 g/mol. The van der Waals surface area contributed by atoms with Gasteiger partial charge in [-0.15, -0.1) is 0 Å². The van der Waals surface area contributed by atoms with Crippen LogP contribution in [-0.4, -0.2) is 42.9 Å². The molecule has 0 saturated carbocycles. The van der Waals surface area contributed by atoms with Crippen LogP contribution in [0.5, 0.6) is 0 Å². The number of rotatable bonds is 6. The van der Waals surface area contributed by atoms with Crippen LogP contribution in [0.25, 0.3) is 6.08 Å². The molecule has 2 heterocycles. The van der Waals surface area contributed by atoms with Crippen molar-refractivity contribution in [1.29, 1.82) is 0 Å². The first-order valence-electron chi connectivity index (χ1n) is 11.0. The summed E-state index contributed by atoms with van der Waals surface area (Å²) >= 11 is 1.46. The molecule has 6 heteroatoms. The Balaban J connectivity index is 1.28. The molecule has 1 atom stereocenters. The maximum Gasteiger partial charge on any atom is 0.262 e. The molecule has 4 rings (SSSR count). The molecule has 1 saturated heterocycles. The molecule has 0 aliphatic carbocycles. The van der Waals surface area contributed by atoms with E-state index >= 15 is 0 Å². The van der Waals surface area contributed by atoms with Gasteiger partial charge in [-0.1, -0.05) is 43.0 Å². The van der Waals surface area contributed by atoms with Crippen molar-refractivity contribution in [3.05, 3.63) is 64.6 Å². The van der Waals surface area contributed by atoms with Gasteiger partial charge in [0.05, 0.1) is 10.6 Å². The predicted molar refractivity (Wildman–Crippen MR) is 127 cm³/mol. The normalized spacial score (nSPS) is 20.2. The third-order valence-electron chi connectivity index (χ3n) is 5.73. The SMILES string of the molecule is CC1CCCN(CCCNC(=O)c2ccc(C=C3Sc4ccccc4NC3=O)cc2)C1. The van der Waals surface area contributed by atoms with Crippen molar-refractivity contribution in [3.63, 3.8) is 0 Å². The van der Waals surface area contributed by atoms with E-state index < -0.39 is 0 Å². The monoisotopic (exact) mass is 435 g/mol. The average Bonchev–Trinajstić information content (AvgIpc) is 2.78. The van der Waals surface area contributed by atoms with Gasteiger partial charge < -0.3 is 15.5 Å². The minimum Gasteiger partial charge on any atom is -0.352 e. The van der Waals surface area contributed by atoms with Crippen molar-refractivity contribution >= 4 is 35.3 Å². The van der Waals surface area contributed by atoms with E-state index in [2.05, 4.69) is 22.5 Å². The Labute approximate surface area is 188 Å². The molecule has 1 unspecified atom stereocenters. The number of nitrogens with one attached hydrogen (secondary N) is 2. The second-order valence-corrected chi connectivity index (χ2v) is 9.42. The molecule has 0 radical (unpaired) electrons. The molecule has 31 heavy (non-hydrogen) atoms. The first-order valence-corrected chi connectivity index (χ1v) is 11.8. The van der Waals surface area contributed by atoms with E-state index in [1.165, 1.54) is 37.7 Å². The molecule has 2 aromatic rings. The number of carbonyl (C=O) groups is 2. The fourth-order valence-corrected chi connectivity index (χ4v) is 5.03. The topological polar surface area (TPSA) is 61.4 Å². The molecule has 5 nitrogen and oxygen atoms in total. The molecule has 2 aliphatic heterocycles. The summed E-state index contributed by atoms with van der Waals surface area (Å²) in [5.41, 5.74) is 2.38. The first kappa shape index (κ1) is 21.7. The van der Waals surface area contributed by atoms with Crippen LogP contribution in [-0.2, 0) is 4.79 Å². The number of amides is 2. The number of carbonyl (C=O) groups excluding carboxylic acids is 2. The molecule has 2 aliphatic rings. The molecule has 162 valence electrons. The highest BCUT2D eigenvalue weighted by molar-refractivity contribution is 8.04. The number of hydrogen-bond acceptors (Lipinski definition) is 4. The summed E-state index contributed by atoms with van der Waals surface area (Å²) in [6.45, 7) is 6.39. The Hall–Kier alpha value is -2.57. The number of hydrogen-bond donors (Lipinski definition) is 2. The van der Waals surface area contributed by atoms with Crippen molar-refractivity contribution < 1.29 is 9.59 Å². The summed E-state index contributed by atoms with van der Waals surface area (Å²) in [6.07, 6.45) is 5.44. The lowest BCUT2D eigenvalue weighted by Crippen LogP contribution is -2.36. The largest absolute Gasteiger partial charge is 0.352 e. The van der Waals surface area contributed by atoms with Crippen molar-refractivity contribution in [2.24, 2.45) is 5.92 Å². The van der Waals surface area contributed by atoms with Crippen LogP contribution in [0.2, 0.25) is 0 Å². The summed E-state index contributed by atoms with van der Waals surface area (Å²) < 4.78 is 0. The summed E-state index contributed by atoms with van der Waals surface area (Å²) in [4.78, 5) is 29.0. The van der Waals surface area contributed by atoms with Gasteiger partial charge in [0.1, 0.15) is 0 Å². The zero-order valence-electron chi connectivity index (χ0n) is 17.9. The highest BCUT2D eigenvalue weighted by Crippen LogP contribution is 2.38. The van der Waals surface area contributed by atoms with E-state index in [4.69, 9.17) is 0 Å². The number of likely N-dealkylation sites (tertiary alicyclic amines) is 1. The van der Waals surface area contributed by atoms with Crippen LogP contribution in [0.15, 0.2) is 58.3 Å². The van der Waals surface area contributed by atoms with Gasteiger partial charge in [0.15, 0.2) is 0 Å². The number of piperidine rings is 1. The minimum atomic E-state index is -0.103. The van der Waals surface area contributed by atoms with E-state index in [-0.39, 0.29) is 11.8 Å². The number of fused-ring (bicyclic) bond motifs is 1. The standard InChI is InChI=1S/C25H29N3O2S/c1-18-6-4-14-28(17-18)15-5-13-26-24(29)20-11-9-19(10-12-20)16-23-25(30)27-21-7-2-3-8-22(21)31-23/h2-3,7-12,16,18H,4-6,13-15,17H2,1H3,(H,26,29)(H,27,30). The van der Waals surface area contributed by atoms with Crippen LogP contribution in [0, 0.1) is 5.92 Å². The summed E-state index contributed by atoms with van der Waals surface area (Å²) in [7, 11) is 0. The maximum absolute atomic E-state index is 12.4. The third kappa shape index (κ3) is 5.77.